The van der Waals surface area contributed by atoms with Crippen LogP contribution in [-0.2, 0) is 18.4 Å². The quantitative estimate of drug-likeness (QED) is 0.820. The zero-order valence-corrected chi connectivity index (χ0v) is 9.46. The Labute approximate surface area is 94.7 Å². The van der Waals surface area contributed by atoms with Gasteiger partial charge in [0.05, 0.1) is 11.6 Å². The molecular weight excluding hydrogens is 206 g/mol. The first-order valence-electron chi connectivity index (χ1n) is 5.59. The second kappa shape index (κ2) is 4.65. The van der Waals surface area contributed by atoms with Gasteiger partial charge in [0.1, 0.15) is 0 Å². The van der Waals surface area contributed by atoms with Crippen LogP contribution in [-0.4, -0.2) is 38.8 Å². The van der Waals surface area contributed by atoms with Crippen LogP contribution in [0.5, 0.6) is 0 Å². The third-order valence-corrected chi connectivity index (χ3v) is 3.01. The SMILES string of the molecule is Cn1ccc(CN2CCCC(C(=O)O)C2)n1. The number of rotatable bonds is 3. The summed E-state index contributed by atoms with van der Waals surface area (Å²) in [6.45, 7) is 2.37. The van der Waals surface area contributed by atoms with E-state index in [9.17, 15) is 4.79 Å². The van der Waals surface area contributed by atoms with Crippen molar-refractivity contribution in [1.29, 1.82) is 0 Å². The summed E-state index contributed by atoms with van der Waals surface area (Å²) >= 11 is 0. The molecule has 2 rings (SSSR count). The predicted octanol–water partition coefficient (Wildman–Crippen LogP) is 0.717. The molecule has 0 saturated carbocycles. The minimum absolute atomic E-state index is 0.211. The third-order valence-electron chi connectivity index (χ3n) is 3.01. The lowest BCUT2D eigenvalue weighted by atomic mass is 9.98. The van der Waals surface area contributed by atoms with Crippen molar-refractivity contribution in [1.82, 2.24) is 14.7 Å². The topological polar surface area (TPSA) is 58.4 Å². The molecule has 0 spiro atoms. The molecule has 1 atom stereocenters. The Bertz CT molecular complexity index is 375. The molecule has 0 aliphatic carbocycles. The standard InChI is InChI=1S/C11H17N3O2/c1-13-6-4-10(12-13)8-14-5-2-3-9(7-14)11(15)16/h4,6,9H,2-3,5,7-8H2,1H3,(H,15,16). The predicted molar refractivity (Wildman–Crippen MR) is 58.8 cm³/mol. The normalized spacial score (nSPS) is 22.2. The summed E-state index contributed by atoms with van der Waals surface area (Å²) in [5.41, 5.74) is 1.01. The Kier molecular flexibility index (Phi) is 3.24. The van der Waals surface area contributed by atoms with E-state index in [1.54, 1.807) is 4.68 Å². The second-order valence-electron chi connectivity index (χ2n) is 4.39. The first-order chi connectivity index (χ1) is 7.65. The number of aliphatic carboxylic acids is 1. The van der Waals surface area contributed by atoms with E-state index in [1.807, 2.05) is 19.3 Å². The molecule has 88 valence electrons. The molecular formula is C11H17N3O2. The van der Waals surface area contributed by atoms with Gasteiger partial charge in [-0.1, -0.05) is 0 Å². The van der Waals surface area contributed by atoms with Crippen molar-refractivity contribution in [3.63, 3.8) is 0 Å². The lowest BCUT2D eigenvalue weighted by molar-refractivity contribution is -0.143. The monoisotopic (exact) mass is 223 g/mol. The van der Waals surface area contributed by atoms with Gasteiger partial charge >= 0.3 is 5.97 Å². The summed E-state index contributed by atoms with van der Waals surface area (Å²) in [6.07, 6.45) is 3.67. The molecule has 5 heteroatoms. The smallest absolute Gasteiger partial charge is 0.307 e. The van der Waals surface area contributed by atoms with Gasteiger partial charge in [0.15, 0.2) is 0 Å². The average molecular weight is 223 g/mol. The molecule has 0 radical (unpaired) electrons. The van der Waals surface area contributed by atoms with Crippen LogP contribution in [0.15, 0.2) is 12.3 Å². The second-order valence-corrected chi connectivity index (χ2v) is 4.39. The van der Waals surface area contributed by atoms with Crippen LogP contribution >= 0.6 is 0 Å². The molecule has 1 unspecified atom stereocenters. The molecule has 5 nitrogen and oxygen atoms in total. The van der Waals surface area contributed by atoms with Gasteiger partial charge < -0.3 is 5.11 Å². The number of aryl methyl sites for hydroxylation is 1. The number of carboxylic acids is 1. The highest BCUT2D eigenvalue weighted by molar-refractivity contribution is 5.70. The lowest BCUT2D eigenvalue weighted by Crippen LogP contribution is -2.38. The van der Waals surface area contributed by atoms with Crippen LogP contribution in [0, 0.1) is 5.92 Å². The maximum atomic E-state index is 10.9. The van der Waals surface area contributed by atoms with E-state index in [1.165, 1.54) is 0 Å². The summed E-state index contributed by atoms with van der Waals surface area (Å²) in [4.78, 5) is 13.1. The van der Waals surface area contributed by atoms with E-state index >= 15 is 0 Å². The molecule has 1 aliphatic heterocycles. The zero-order chi connectivity index (χ0) is 11.5. The van der Waals surface area contributed by atoms with Crippen LogP contribution in [0.4, 0.5) is 0 Å². The Hall–Kier alpha value is -1.36. The van der Waals surface area contributed by atoms with Gasteiger partial charge in [-0.05, 0) is 25.5 Å². The highest BCUT2D eigenvalue weighted by atomic mass is 16.4. The van der Waals surface area contributed by atoms with Crippen LogP contribution in [0.1, 0.15) is 18.5 Å². The summed E-state index contributed by atoms with van der Waals surface area (Å²) < 4.78 is 1.77. The Balaban J connectivity index is 1.92. The van der Waals surface area contributed by atoms with Gasteiger partial charge in [-0.3, -0.25) is 14.4 Å². The van der Waals surface area contributed by atoms with Crippen molar-refractivity contribution in [2.75, 3.05) is 13.1 Å². The number of hydrogen-bond donors (Lipinski definition) is 1. The zero-order valence-electron chi connectivity index (χ0n) is 9.46. The molecule has 1 aromatic heterocycles. The fourth-order valence-corrected chi connectivity index (χ4v) is 2.18. The van der Waals surface area contributed by atoms with Crippen molar-refractivity contribution < 1.29 is 9.90 Å². The minimum Gasteiger partial charge on any atom is -0.481 e. The first kappa shape index (κ1) is 11.1. The number of aromatic nitrogens is 2. The fourth-order valence-electron chi connectivity index (χ4n) is 2.18. The van der Waals surface area contributed by atoms with Crippen LogP contribution in [0.25, 0.3) is 0 Å². The molecule has 1 fully saturated rings. The van der Waals surface area contributed by atoms with Gasteiger partial charge in [-0.25, -0.2) is 0 Å². The van der Waals surface area contributed by atoms with Crippen molar-refractivity contribution in [2.24, 2.45) is 13.0 Å². The highest BCUT2D eigenvalue weighted by Crippen LogP contribution is 2.18. The van der Waals surface area contributed by atoms with E-state index in [-0.39, 0.29) is 5.92 Å². The van der Waals surface area contributed by atoms with Gasteiger partial charge in [0, 0.05) is 26.3 Å². The first-order valence-corrected chi connectivity index (χ1v) is 5.59. The van der Waals surface area contributed by atoms with Crippen LogP contribution < -0.4 is 0 Å². The van der Waals surface area contributed by atoms with Crippen molar-refractivity contribution in [2.45, 2.75) is 19.4 Å². The number of piperidine rings is 1. The number of carbonyl (C=O) groups is 1. The van der Waals surface area contributed by atoms with Crippen molar-refractivity contribution >= 4 is 5.97 Å². The number of hydrogen-bond acceptors (Lipinski definition) is 3. The number of carboxylic acid groups (broad SMARTS) is 1. The van der Waals surface area contributed by atoms with Gasteiger partial charge in [-0.2, -0.15) is 5.10 Å². The summed E-state index contributed by atoms with van der Waals surface area (Å²) in [5.74, 6) is -0.886. The average Bonchev–Trinajstić information content (AvgIpc) is 2.64. The molecule has 1 N–H and O–H groups in total. The molecule has 0 amide bonds. The van der Waals surface area contributed by atoms with Crippen LogP contribution in [0.2, 0.25) is 0 Å². The molecule has 0 bridgehead atoms. The number of likely N-dealkylation sites (tertiary alicyclic amines) is 1. The minimum atomic E-state index is -0.675. The maximum Gasteiger partial charge on any atom is 0.307 e. The highest BCUT2D eigenvalue weighted by Gasteiger charge is 2.25. The fraction of sp³-hybridized carbons (Fsp3) is 0.636. The van der Waals surface area contributed by atoms with Crippen molar-refractivity contribution in [3.8, 4) is 0 Å². The molecule has 0 aromatic carbocycles. The summed E-state index contributed by atoms with van der Waals surface area (Å²) in [6, 6.07) is 1.98. The number of nitrogens with zero attached hydrogens (tertiary/aromatic N) is 3. The van der Waals surface area contributed by atoms with E-state index in [2.05, 4.69) is 10.00 Å². The van der Waals surface area contributed by atoms with Crippen LogP contribution in [0.3, 0.4) is 0 Å². The largest absolute Gasteiger partial charge is 0.481 e. The Morgan fingerprint density at radius 1 is 1.69 bits per heavy atom. The van der Waals surface area contributed by atoms with Gasteiger partial charge in [0.2, 0.25) is 0 Å². The Morgan fingerprint density at radius 2 is 2.50 bits per heavy atom. The van der Waals surface area contributed by atoms with E-state index in [0.717, 1.165) is 31.6 Å². The van der Waals surface area contributed by atoms with E-state index in [4.69, 9.17) is 5.11 Å². The Morgan fingerprint density at radius 3 is 3.12 bits per heavy atom. The molecule has 1 aliphatic rings. The van der Waals surface area contributed by atoms with Gasteiger partial charge in [0.25, 0.3) is 0 Å². The van der Waals surface area contributed by atoms with Gasteiger partial charge in [-0.15, -0.1) is 0 Å². The molecule has 16 heavy (non-hydrogen) atoms. The molecule has 1 aromatic rings. The summed E-state index contributed by atoms with van der Waals surface area (Å²) in [5, 5.41) is 13.3. The lowest BCUT2D eigenvalue weighted by Gasteiger charge is -2.29. The molecule has 2 heterocycles. The third kappa shape index (κ3) is 2.61. The maximum absolute atomic E-state index is 10.9. The molecule has 1 saturated heterocycles. The summed E-state index contributed by atoms with van der Waals surface area (Å²) in [7, 11) is 1.89. The van der Waals surface area contributed by atoms with Crippen molar-refractivity contribution in [3.05, 3.63) is 18.0 Å². The van der Waals surface area contributed by atoms with E-state index in [0.29, 0.717) is 6.54 Å². The van der Waals surface area contributed by atoms with E-state index < -0.39 is 5.97 Å².